The molecule has 3 rings (SSSR count). The molecule has 0 fully saturated rings. The third kappa shape index (κ3) is 6.86. The van der Waals surface area contributed by atoms with Crippen LogP contribution in [0.2, 0.25) is 5.02 Å². The monoisotopic (exact) mass is 506 g/mol. The predicted molar refractivity (Wildman–Crippen MR) is 142 cm³/mol. The van der Waals surface area contributed by atoms with Crippen molar-refractivity contribution in [2.24, 2.45) is 5.10 Å². The van der Waals surface area contributed by atoms with Crippen molar-refractivity contribution in [3.05, 3.63) is 94.1 Å². The lowest BCUT2D eigenvalue weighted by molar-refractivity contribution is -0.117. The third-order valence-electron chi connectivity index (χ3n) is 5.32. The number of amides is 2. The lowest BCUT2D eigenvalue weighted by atomic mass is 10.1. The average Bonchev–Trinajstić information content (AvgIpc) is 2.87. The van der Waals surface area contributed by atoms with E-state index in [0.717, 1.165) is 18.8 Å². The molecule has 0 unspecified atom stereocenters. The molecule has 0 heterocycles. The summed E-state index contributed by atoms with van der Waals surface area (Å²) in [4.78, 5) is 28.0. The minimum absolute atomic E-state index is 0.0405. The highest BCUT2D eigenvalue weighted by atomic mass is 35.5. The van der Waals surface area contributed by atoms with E-state index < -0.39 is 11.8 Å². The maximum absolute atomic E-state index is 12.9. The highest BCUT2D eigenvalue weighted by Gasteiger charge is 2.16. The number of hydrazone groups is 1. The van der Waals surface area contributed by atoms with Gasteiger partial charge in [0, 0.05) is 18.8 Å². The van der Waals surface area contributed by atoms with Crippen molar-refractivity contribution in [2.75, 3.05) is 18.0 Å². The molecule has 0 aliphatic heterocycles. The van der Waals surface area contributed by atoms with Gasteiger partial charge in [0.05, 0.1) is 16.8 Å². The van der Waals surface area contributed by atoms with E-state index in [4.69, 9.17) is 11.6 Å². The van der Waals surface area contributed by atoms with Gasteiger partial charge in [-0.3, -0.25) is 9.59 Å². The van der Waals surface area contributed by atoms with Crippen LogP contribution in [0.15, 0.2) is 77.5 Å². The van der Waals surface area contributed by atoms with Crippen LogP contribution < -0.4 is 15.6 Å². The molecule has 0 spiro atoms. The normalized spacial score (nSPS) is 11.4. The van der Waals surface area contributed by atoms with Crippen LogP contribution in [0.1, 0.15) is 35.3 Å². The van der Waals surface area contributed by atoms with Crippen molar-refractivity contribution < 1.29 is 19.8 Å². The molecule has 0 saturated carbocycles. The van der Waals surface area contributed by atoms with Gasteiger partial charge in [0.15, 0.2) is 11.5 Å². The highest BCUT2D eigenvalue weighted by Crippen LogP contribution is 2.24. The first-order chi connectivity index (χ1) is 17.3. The van der Waals surface area contributed by atoms with Crippen molar-refractivity contribution >= 4 is 41.4 Å². The summed E-state index contributed by atoms with van der Waals surface area (Å²) in [5.41, 5.74) is 4.74. The van der Waals surface area contributed by atoms with Crippen LogP contribution in [-0.2, 0) is 4.79 Å². The fraction of sp³-hybridized carbons (Fsp3) is 0.148. The van der Waals surface area contributed by atoms with Crippen LogP contribution in [0.25, 0.3) is 6.08 Å². The van der Waals surface area contributed by atoms with E-state index in [2.05, 4.69) is 34.6 Å². The van der Waals surface area contributed by atoms with Crippen LogP contribution in [0.3, 0.4) is 0 Å². The number of phenolic OH excluding ortho intramolecular Hbond substituents is 2. The lowest BCUT2D eigenvalue weighted by Crippen LogP contribution is -2.33. The predicted octanol–water partition coefficient (Wildman–Crippen LogP) is 4.52. The number of halogens is 1. The number of aromatic hydroxyl groups is 2. The van der Waals surface area contributed by atoms with Gasteiger partial charge in [-0.25, -0.2) is 5.43 Å². The van der Waals surface area contributed by atoms with Gasteiger partial charge in [0.25, 0.3) is 11.8 Å². The van der Waals surface area contributed by atoms with Gasteiger partial charge in [-0.05, 0) is 73.5 Å². The minimum Gasteiger partial charge on any atom is -0.504 e. The highest BCUT2D eigenvalue weighted by molar-refractivity contribution is 6.34. The van der Waals surface area contributed by atoms with E-state index in [1.807, 2.05) is 24.3 Å². The van der Waals surface area contributed by atoms with Crippen molar-refractivity contribution in [1.82, 2.24) is 10.7 Å². The molecule has 4 N–H and O–H groups in total. The fourth-order valence-electron chi connectivity index (χ4n) is 3.38. The largest absolute Gasteiger partial charge is 0.504 e. The van der Waals surface area contributed by atoms with Gasteiger partial charge >= 0.3 is 0 Å². The van der Waals surface area contributed by atoms with Crippen LogP contribution in [0.5, 0.6) is 11.5 Å². The van der Waals surface area contributed by atoms with Crippen LogP contribution in [0, 0.1) is 0 Å². The second-order valence-electron chi connectivity index (χ2n) is 7.70. The number of anilines is 1. The molecular weight excluding hydrogens is 480 g/mol. The van der Waals surface area contributed by atoms with Gasteiger partial charge in [-0.2, -0.15) is 5.10 Å². The van der Waals surface area contributed by atoms with E-state index in [0.29, 0.717) is 11.1 Å². The summed E-state index contributed by atoms with van der Waals surface area (Å²) in [5.74, 6) is -1.79. The molecule has 8 nitrogen and oxygen atoms in total. The smallest absolute Gasteiger partial charge is 0.287 e. The topological polar surface area (TPSA) is 114 Å². The Kier molecular flexibility index (Phi) is 9.07. The number of benzene rings is 3. The van der Waals surface area contributed by atoms with Crippen molar-refractivity contribution in [3.8, 4) is 11.5 Å². The molecule has 9 heteroatoms. The Morgan fingerprint density at radius 3 is 2.25 bits per heavy atom. The Bertz CT molecular complexity index is 1290. The van der Waals surface area contributed by atoms with E-state index in [1.54, 1.807) is 24.3 Å². The molecule has 0 atom stereocenters. The molecule has 36 heavy (non-hydrogen) atoms. The summed E-state index contributed by atoms with van der Waals surface area (Å²) >= 11 is 6.14. The first-order valence-corrected chi connectivity index (χ1v) is 11.7. The first kappa shape index (κ1) is 26.3. The van der Waals surface area contributed by atoms with Gasteiger partial charge in [0.2, 0.25) is 0 Å². The summed E-state index contributed by atoms with van der Waals surface area (Å²) in [6.07, 6.45) is 2.83. The number of carbonyl (C=O) groups excluding carboxylic acids is 2. The summed E-state index contributed by atoms with van der Waals surface area (Å²) in [7, 11) is 0. The molecule has 0 aliphatic carbocycles. The molecule has 0 aromatic heterocycles. The molecule has 0 saturated heterocycles. The second kappa shape index (κ2) is 12.4. The summed E-state index contributed by atoms with van der Waals surface area (Å²) in [5, 5.41) is 25.8. The summed E-state index contributed by atoms with van der Waals surface area (Å²) < 4.78 is 0. The van der Waals surface area contributed by atoms with E-state index in [1.165, 1.54) is 30.5 Å². The number of nitrogens with zero attached hydrogens (tertiary/aromatic N) is 2. The molecule has 2 amide bonds. The van der Waals surface area contributed by atoms with Gasteiger partial charge in [-0.1, -0.05) is 35.9 Å². The molecule has 3 aromatic rings. The number of hydrogen-bond acceptors (Lipinski definition) is 6. The maximum Gasteiger partial charge on any atom is 0.287 e. The fourth-order valence-corrected chi connectivity index (χ4v) is 3.60. The van der Waals surface area contributed by atoms with Gasteiger partial charge in [-0.15, -0.1) is 0 Å². The second-order valence-corrected chi connectivity index (χ2v) is 8.11. The number of phenols is 2. The molecule has 0 bridgehead atoms. The maximum atomic E-state index is 12.9. The Morgan fingerprint density at radius 2 is 1.61 bits per heavy atom. The zero-order valence-electron chi connectivity index (χ0n) is 19.9. The van der Waals surface area contributed by atoms with Gasteiger partial charge in [0.1, 0.15) is 5.70 Å². The van der Waals surface area contributed by atoms with Crippen molar-refractivity contribution in [1.29, 1.82) is 0 Å². The minimum atomic E-state index is -0.664. The number of hydrogen-bond donors (Lipinski definition) is 4. The lowest BCUT2D eigenvalue weighted by Gasteiger charge is -2.21. The number of carbonyl (C=O) groups is 2. The molecule has 186 valence electrons. The Morgan fingerprint density at radius 1 is 0.944 bits per heavy atom. The van der Waals surface area contributed by atoms with E-state index in [9.17, 15) is 19.8 Å². The Balaban J connectivity index is 1.85. The average molecular weight is 507 g/mol. The summed E-state index contributed by atoms with van der Waals surface area (Å²) in [6, 6.07) is 18.2. The zero-order valence-corrected chi connectivity index (χ0v) is 20.7. The summed E-state index contributed by atoms with van der Waals surface area (Å²) in [6.45, 7) is 5.88. The van der Waals surface area contributed by atoms with E-state index >= 15 is 0 Å². The molecule has 0 aliphatic rings. The zero-order chi connectivity index (χ0) is 26.1. The van der Waals surface area contributed by atoms with E-state index in [-0.39, 0.29) is 27.8 Å². The quantitative estimate of drug-likeness (QED) is 0.147. The number of nitrogens with one attached hydrogen (secondary N) is 2. The Labute approximate surface area is 214 Å². The Hall–Kier alpha value is -4.30. The number of rotatable bonds is 9. The first-order valence-electron chi connectivity index (χ1n) is 11.3. The standard InChI is InChI=1S/C27H27ClN4O4/c1-3-32(4-2)20-12-9-18(10-13-20)15-23(30-26(35)21-7-5-6-8-22(21)28)27(36)31-29-17-19-11-14-24(33)25(34)16-19/h5-17,33-34H,3-4H2,1-2H3,(H,30,35)(H,31,36)/b23-15+,29-17+. The van der Waals surface area contributed by atoms with Gasteiger partial charge < -0.3 is 20.4 Å². The molecule has 0 radical (unpaired) electrons. The van der Waals surface area contributed by atoms with Crippen molar-refractivity contribution in [3.63, 3.8) is 0 Å². The third-order valence-corrected chi connectivity index (χ3v) is 5.65. The molecular formula is C27H27ClN4O4. The van der Waals surface area contributed by atoms with Crippen LogP contribution in [0.4, 0.5) is 5.69 Å². The van der Waals surface area contributed by atoms with Crippen LogP contribution in [-0.4, -0.2) is 41.3 Å². The van der Waals surface area contributed by atoms with Crippen LogP contribution >= 0.6 is 11.6 Å². The molecule has 3 aromatic carbocycles. The van der Waals surface area contributed by atoms with Crippen molar-refractivity contribution in [2.45, 2.75) is 13.8 Å². The SMILES string of the molecule is CCN(CC)c1ccc(/C=C(/NC(=O)c2ccccc2Cl)C(=O)N/N=C/c2ccc(O)c(O)c2)cc1.